The summed E-state index contributed by atoms with van der Waals surface area (Å²) < 4.78 is 7.43. The highest BCUT2D eigenvalue weighted by molar-refractivity contribution is 6.03. The first kappa shape index (κ1) is 20.1. The molecule has 2 heterocycles. The summed E-state index contributed by atoms with van der Waals surface area (Å²) in [6, 6.07) is 15.6. The first-order valence-electron chi connectivity index (χ1n) is 10.1. The summed E-state index contributed by atoms with van der Waals surface area (Å²) in [7, 11) is 1.77. The molecule has 1 aliphatic rings. The number of benzene rings is 2. The minimum atomic E-state index is -0.594. The van der Waals surface area contributed by atoms with Gasteiger partial charge >= 0.3 is 0 Å². The lowest BCUT2D eigenvalue weighted by molar-refractivity contribution is 0.0638. The number of fused-ring (bicyclic) bond motifs is 1. The van der Waals surface area contributed by atoms with Crippen molar-refractivity contribution in [3.05, 3.63) is 77.9 Å². The van der Waals surface area contributed by atoms with Crippen LogP contribution in [-0.2, 0) is 20.0 Å². The summed E-state index contributed by atoms with van der Waals surface area (Å²) >= 11 is 0. The topological polar surface area (TPSA) is 79.6 Å². The summed E-state index contributed by atoms with van der Waals surface area (Å²) in [5.74, 6) is 0.360. The maximum absolute atomic E-state index is 12.3. The molecule has 2 aromatic carbocycles. The molecule has 2 N–H and O–H groups in total. The van der Waals surface area contributed by atoms with E-state index in [0.29, 0.717) is 23.7 Å². The minimum Gasteiger partial charge on any atom is -0.491 e. The maximum atomic E-state index is 12.3. The molecular formula is C23H26N4O3. The molecule has 1 unspecified atom stereocenters. The number of ether oxygens (including phenoxy) is 1. The molecule has 0 spiro atoms. The second-order valence-electron chi connectivity index (χ2n) is 7.59. The molecule has 1 aliphatic heterocycles. The van der Waals surface area contributed by atoms with E-state index in [4.69, 9.17) is 4.74 Å². The van der Waals surface area contributed by atoms with Crippen molar-refractivity contribution in [1.29, 1.82) is 0 Å². The summed E-state index contributed by atoms with van der Waals surface area (Å²) in [4.78, 5) is 18.5. The predicted molar refractivity (Wildman–Crippen MR) is 115 cm³/mol. The van der Waals surface area contributed by atoms with Gasteiger partial charge in [-0.05, 0) is 29.7 Å². The van der Waals surface area contributed by atoms with Crippen molar-refractivity contribution in [1.82, 2.24) is 14.5 Å². The Morgan fingerprint density at radius 2 is 2.07 bits per heavy atom. The van der Waals surface area contributed by atoms with Crippen LogP contribution in [0.5, 0.6) is 5.75 Å². The highest BCUT2D eigenvalue weighted by Gasteiger charge is 2.19. The van der Waals surface area contributed by atoms with Gasteiger partial charge in [0, 0.05) is 38.4 Å². The second kappa shape index (κ2) is 9.11. The summed E-state index contributed by atoms with van der Waals surface area (Å²) in [5.41, 5.74) is 3.82. The van der Waals surface area contributed by atoms with Crippen molar-refractivity contribution in [3.63, 3.8) is 0 Å². The number of imidazole rings is 1. The standard InChI is InChI=1S/C23H26N4O3/c1-26-16-24-12-22(26)23(29)25-19-7-4-8-21(11-19)30-15-20(28)14-27-10-9-17-5-2-3-6-18(17)13-27/h2-8,11-12,16,20,28H,9-10,13-15H2,1H3,(H,25,29). The van der Waals surface area contributed by atoms with Crippen LogP contribution in [0.3, 0.4) is 0 Å². The number of anilines is 1. The van der Waals surface area contributed by atoms with Crippen molar-refractivity contribution in [2.24, 2.45) is 7.05 Å². The summed E-state index contributed by atoms with van der Waals surface area (Å²) in [6.45, 7) is 2.54. The first-order valence-corrected chi connectivity index (χ1v) is 10.1. The molecule has 0 fully saturated rings. The van der Waals surface area contributed by atoms with Crippen LogP contribution < -0.4 is 10.1 Å². The molecule has 0 bridgehead atoms. The van der Waals surface area contributed by atoms with Crippen LogP contribution in [0.1, 0.15) is 21.6 Å². The molecule has 0 saturated heterocycles. The number of hydrogen-bond acceptors (Lipinski definition) is 5. The predicted octanol–water partition coefficient (Wildman–Crippen LogP) is 2.47. The lowest BCUT2D eigenvalue weighted by Gasteiger charge is -2.30. The smallest absolute Gasteiger partial charge is 0.273 e. The fourth-order valence-electron chi connectivity index (χ4n) is 3.69. The van der Waals surface area contributed by atoms with E-state index in [1.54, 1.807) is 30.1 Å². The number of aromatic nitrogens is 2. The van der Waals surface area contributed by atoms with Gasteiger partial charge in [-0.2, -0.15) is 0 Å². The zero-order valence-electron chi connectivity index (χ0n) is 17.0. The zero-order valence-corrected chi connectivity index (χ0v) is 17.0. The normalized spacial score (nSPS) is 14.7. The zero-order chi connectivity index (χ0) is 20.9. The molecule has 0 saturated carbocycles. The average Bonchev–Trinajstić information content (AvgIpc) is 3.18. The Labute approximate surface area is 175 Å². The summed E-state index contributed by atoms with van der Waals surface area (Å²) in [5, 5.41) is 13.3. The molecule has 4 rings (SSSR count). The van der Waals surface area contributed by atoms with Crippen molar-refractivity contribution >= 4 is 11.6 Å². The van der Waals surface area contributed by atoms with E-state index >= 15 is 0 Å². The SMILES string of the molecule is Cn1cncc1C(=O)Nc1cccc(OCC(O)CN2CCc3ccccc3C2)c1. The Bertz CT molecular complexity index is 1020. The fourth-order valence-corrected chi connectivity index (χ4v) is 3.69. The first-order chi connectivity index (χ1) is 14.6. The number of nitrogens with one attached hydrogen (secondary N) is 1. The molecule has 3 aromatic rings. The number of aliphatic hydroxyl groups is 1. The van der Waals surface area contributed by atoms with E-state index in [9.17, 15) is 9.90 Å². The van der Waals surface area contributed by atoms with Gasteiger partial charge in [-0.15, -0.1) is 0 Å². The van der Waals surface area contributed by atoms with Gasteiger partial charge < -0.3 is 19.7 Å². The number of amides is 1. The third kappa shape index (κ3) is 4.87. The lowest BCUT2D eigenvalue weighted by Crippen LogP contribution is -2.38. The van der Waals surface area contributed by atoms with Gasteiger partial charge in [-0.3, -0.25) is 9.69 Å². The Morgan fingerprint density at radius 3 is 2.87 bits per heavy atom. The highest BCUT2D eigenvalue weighted by Crippen LogP contribution is 2.20. The Kier molecular flexibility index (Phi) is 6.11. The van der Waals surface area contributed by atoms with Gasteiger partial charge in [0.25, 0.3) is 5.91 Å². The van der Waals surface area contributed by atoms with Gasteiger partial charge in [0.1, 0.15) is 24.2 Å². The van der Waals surface area contributed by atoms with Crippen LogP contribution >= 0.6 is 0 Å². The third-order valence-corrected chi connectivity index (χ3v) is 5.26. The Morgan fingerprint density at radius 1 is 1.23 bits per heavy atom. The Balaban J connectivity index is 1.28. The van der Waals surface area contributed by atoms with Crippen molar-refractivity contribution < 1.29 is 14.6 Å². The monoisotopic (exact) mass is 406 g/mol. The van der Waals surface area contributed by atoms with Gasteiger partial charge in [0.2, 0.25) is 0 Å². The van der Waals surface area contributed by atoms with E-state index in [2.05, 4.69) is 39.5 Å². The van der Waals surface area contributed by atoms with Crippen LogP contribution in [0.4, 0.5) is 5.69 Å². The molecule has 7 nitrogen and oxygen atoms in total. The van der Waals surface area contributed by atoms with E-state index in [-0.39, 0.29) is 12.5 Å². The van der Waals surface area contributed by atoms with Gasteiger partial charge in [0.15, 0.2) is 0 Å². The van der Waals surface area contributed by atoms with Crippen LogP contribution in [0.2, 0.25) is 0 Å². The lowest BCUT2D eigenvalue weighted by atomic mass is 10.00. The number of hydrogen-bond donors (Lipinski definition) is 2. The molecule has 1 atom stereocenters. The average molecular weight is 406 g/mol. The number of carbonyl (C=O) groups excluding carboxylic acids is 1. The molecule has 0 aliphatic carbocycles. The van der Waals surface area contributed by atoms with E-state index in [1.807, 2.05) is 12.1 Å². The quantitative estimate of drug-likeness (QED) is 0.630. The number of aliphatic hydroxyl groups excluding tert-OH is 1. The minimum absolute atomic E-state index is 0.192. The number of aryl methyl sites for hydroxylation is 1. The van der Waals surface area contributed by atoms with Crippen molar-refractivity contribution in [3.8, 4) is 5.75 Å². The maximum Gasteiger partial charge on any atom is 0.273 e. The molecule has 30 heavy (non-hydrogen) atoms. The van der Waals surface area contributed by atoms with Crippen LogP contribution in [-0.4, -0.2) is 51.3 Å². The number of carbonyl (C=O) groups is 1. The molecule has 156 valence electrons. The van der Waals surface area contributed by atoms with E-state index in [1.165, 1.54) is 17.3 Å². The molecular weight excluding hydrogens is 380 g/mol. The van der Waals surface area contributed by atoms with Crippen molar-refractivity contribution in [2.75, 3.05) is 25.0 Å². The molecule has 0 radical (unpaired) electrons. The number of β-amino-alcohol motifs (C(OH)–C–C–N with tert-alkyl or cyclic N) is 1. The Hall–Kier alpha value is -3.16. The number of rotatable bonds is 7. The van der Waals surface area contributed by atoms with Gasteiger partial charge in [-0.1, -0.05) is 30.3 Å². The van der Waals surface area contributed by atoms with Crippen LogP contribution in [0, 0.1) is 0 Å². The van der Waals surface area contributed by atoms with Crippen molar-refractivity contribution in [2.45, 2.75) is 19.1 Å². The largest absolute Gasteiger partial charge is 0.491 e. The van der Waals surface area contributed by atoms with E-state index in [0.717, 1.165) is 19.5 Å². The molecule has 1 aromatic heterocycles. The van der Waals surface area contributed by atoms with Crippen LogP contribution in [0.15, 0.2) is 61.1 Å². The van der Waals surface area contributed by atoms with Gasteiger partial charge in [0.05, 0.1) is 12.5 Å². The number of nitrogens with zero attached hydrogens (tertiary/aromatic N) is 3. The second-order valence-corrected chi connectivity index (χ2v) is 7.59. The van der Waals surface area contributed by atoms with Gasteiger partial charge in [-0.25, -0.2) is 4.98 Å². The fraction of sp³-hybridized carbons (Fsp3) is 0.304. The highest BCUT2D eigenvalue weighted by atomic mass is 16.5. The van der Waals surface area contributed by atoms with Crippen LogP contribution in [0.25, 0.3) is 0 Å². The third-order valence-electron chi connectivity index (χ3n) is 5.26. The molecule has 7 heteroatoms. The molecule has 1 amide bonds. The summed E-state index contributed by atoms with van der Waals surface area (Å²) in [6.07, 6.45) is 3.51. The van der Waals surface area contributed by atoms with E-state index < -0.39 is 6.10 Å².